The van der Waals surface area contributed by atoms with E-state index >= 15 is 0 Å². The lowest BCUT2D eigenvalue weighted by molar-refractivity contribution is -0.126. The summed E-state index contributed by atoms with van der Waals surface area (Å²) < 4.78 is 5.08. The Morgan fingerprint density at radius 1 is 1.44 bits per heavy atom. The smallest absolute Gasteiger partial charge is 0.246 e. The SMILES string of the molecule is Cc1ccccc1CC(C)NC(=O)COCCN. The third kappa shape index (κ3) is 5.29. The quantitative estimate of drug-likeness (QED) is 0.710. The zero-order valence-electron chi connectivity index (χ0n) is 11.1. The lowest BCUT2D eigenvalue weighted by Gasteiger charge is -2.15. The second kappa shape index (κ2) is 7.84. The first kappa shape index (κ1) is 14.7. The fraction of sp³-hybridized carbons (Fsp3) is 0.500. The molecule has 4 heteroatoms. The topological polar surface area (TPSA) is 64.3 Å². The molecule has 1 rings (SSSR count). The number of hydrogen-bond donors (Lipinski definition) is 2. The molecule has 1 atom stereocenters. The van der Waals surface area contributed by atoms with E-state index in [1.54, 1.807) is 0 Å². The zero-order chi connectivity index (χ0) is 13.4. The van der Waals surface area contributed by atoms with E-state index in [4.69, 9.17) is 10.5 Å². The first-order chi connectivity index (χ1) is 8.63. The molecule has 3 N–H and O–H groups in total. The van der Waals surface area contributed by atoms with Gasteiger partial charge in [0.15, 0.2) is 0 Å². The van der Waals surface area contributed by atoms with Crippen molar-refractivity contribution in [3.63, 3.8) is 0 Å². The molecule has 0 heterocycles. The van der Waals surface area contributed by atoms with Crippen molar-refractivity contribution in [2.75, 3.05) is 19.8 Å². The molecule has 1 aromatic rings. The Morgan fingerprint density at radius 2 is 2.17 bits per heavy atom. The van der Waals surface area contributed by atoms with E-state index in [0.717, 1.165) is 6.42 Å². The van der Waals surface area contributed by atoms with Crippen molar-refractivity contribution in [2.45, 2.75) is 26.3 Å². The summed E-state index contributed by atoms with van der Waals surface area (Å²) in [5.74, 6) is -0.0930. The van der Waals surface area contributed by atoms with Gasteiger partial charge in [0.2, 0.25) is 5.91 Å². The lowest BCUT2D eigenvalue weighted by atomic mass is 10.0. The third-order valence-corrected chi connectivity index (χ3v) is 2.69. The highest BCUT2D eigenvalue weighted by Gasteiger charge is 2.09. The number of ether oxygens (including phenoxy) is 1. The fourth-order valence-corrected chi connectivity index (χ4v) is 1.78. The Hall–Kier alpha value is -1.39. The minimum atomic E-state index is -0.0930. The van der Waals surface area contributed by atoms with Gasteiger partial charge in [0, 0.05) is 12.6 Å². The number of amides is 1. The fourth-order valence-electron chi connectivity index (χ4n) is 1.78. The number of nitrogens with two attached hydrogens (primary N) is 1. The van der Waals surface area contributed by atoms with Crippen LogP contribution in [-0.4, -0.2) is 31.7 Å². The van der Waals surface area contributed by atoms with Crippen LogP contribution in [0, 0.1) is 6.92 Å². The second-order valence-corrected chi connectivity index (χ2v) is 4.44. The molecule has 0 aliphatic rings. The summed E-state index contributed by atoms with van der Waals surface area (Å²) in [5.41, 5.74) is 7.78. The Labute approximate surface area is 109 Å². The van der Waals surface area contributed by atoms with Crippen molar-refractivity contribution in [2.24, 2.45) is 5.73 Å². The van der Waals surface area contributed by atoms with Crippen molar-refractivity contribution in [1.29, 1.82) is 0 Å². The van der Waals surface area contributed by atoms with E-state index in [0.29, 0.717) is 13.2 Å². The maximum atomic E-state index is 11.5. The van der Waals surface area contributed by atoms with Crippen molar-refractivity contribution < 1.29 is 9.53 Å². The molecular weight excluding hydrogens is 228 g/mol. The van der Waals surface area contributed by atoms with E-state index in [1.165, 1.54) is 11.1 Å². The van der Waals surface area contributed by atoms with Gasteiger partial charge in [-0.05, 0) is 31.4 Å². The molecule has 0 saturated carbocycles. The normalized spacial score (nSPS) is 12.2. The van der Waals surface area contributed by atoms with Gasteiger partial charge in [-0.15, -0.1) is 0 Å². The average molecular weight is 250 g/mol. The van der Waals surface area contributed by atoms with Crippen LogP contribution in [0.2, 0.25) is 0 Å². The third-order valence-electron chi connectivity index (χ3n) is 2.69. The van der Waals surface area contributed by atoms with Crippen molar-refractivity contribution in [3.05, 3.63) is 35.4 Å². The molecule has 1 amide bonds. The monoisotopic (exact) mass is 250 g/mol. The Balaban J connectivity index is 2.35. The molecule has 1 unspecified atom stereocenters. The Morgan fingerprint density at radius 3 is 2.83 bits per heavy atom. The Kier molecular flexibility index (Phi) is 6.39. The van der Waals surface area contributed by atoms with Crippen LogP contribution >= 0.6 is 0 Å². The summed E-state index contributed by atoms with van der Waals surface area (Å²) in [6.45, 7) is 5.00. The van der Waals surface area contributed by atoms with Gasteiger partial charge >= 0.3 is 0 Å². The predicted molar refractivity (Wildman–Crippen MR) is 72.4 cm³/mol. The molecule has 0 aliphatic carbocycles. The van der Waals surface area contributed by atoms with E-state index in [2.05, 4.69) is 24.4 Å². The molecule has 100 valence electrons. The minimum absolute atomic E-state index is 0.0787. The summed E-state index contributed by atoms with van der Waals surface area (Å²) in [7, 11) is 0. The number of nitrogens with one attached hydrogen (secondary N) is 1. The molecule has 18 heavy (non-hydrogen) atoms. The number of benzene rings is 1. The van der Waals surface area contributed by atoms with Gasteiger partial charge in [0.1, 0.15) is 6.61 Å². The van der Waals surface area contributed by atoms with Crippen LogP contribution in [0.1, 0.15) is 18.1 Å². The molecule has 1 aromatic carbocycles. The van der Waals surface area contributed by atoms with Crippen LogP contribution in [0.4, 0.5) is 0 Å². The van der Waals surface area contributed by atoms with Gasteiger partial charge < -0.3 is 15.8 Å². The largest absolute Gasteiger partial charge is 0.370 e. The van der Waals surface area contributed by atoms with E-state index in [-0.39, 0.29) is 18.6 Å². The standard InChI is InChI=1S/C14H22N2O2/c1-11-5-3-4-6-13(11)9-12(2)16-14(17)10-18-8-7-15/h3-6,12H,7-10,15H2,1-2H3,(H,16,17). The summed E-state index contributed by atoms with van der Waals surface area (Å²) >= 11 is 0. The number of carbonyl (C=O) groups is 1. The van der Waals surface area contributed by atoms with E-state index < -0.39 is 0 Å². The average Bonchev–Trinajstić information content (AvgIpc) is 2.32. The maximum absolute atomic E-state index is 11.5. The minimum Gasteiger partial charge on any atom is -0.370 e. The highest BCUT2D eigenvalue weighted by atomic mass is 16.5. The molecule has 0 bridgehead atoms. The number of carbonyl (C=O) groups excluding carboxylic acids is 1. The molecule has 0 spiro atoms. The molecular formula is C14H22N2O2. The van der Waals surface area contributed by atoms with Gasteiger partial charge in [-0.3, -0.25) is 4.79 Å². The van der Waals surface area contributed by atoms with Gasteiger partial charge in [-0.2, -0.15) is 0 Å². The molecule has 0 aliphatic heterocycles. The van der Waals surface area contributed by atoms with Crippen molar-refractivity contribution in [1.82, 2.24) is 5.32 Å². The summed E-state index contributed by atoms with van der Waals surface area (Å²) in [6.07, 6.45) is 0.829. The van der Waals surface area contributed by atoms with Crippen LogP contribution in [-0.2, 0) is 16.0 Å². The van der Waals surface area contributed by atoms with Gasteiger partial charge in [0.05, 0.1) is 6.61 Å². The van der Waals surface area contributed by atoms with Crippen molar-refractivity contribution >= 4 is 5.91 Å². The number of hydrogen-bond acceptors (Lipinski definition) is 3. The van der Waals surface area contributed by atoms with Gasteiger partial charge in [-0.1, -0.05) is 24.3 Å². The first-order valence-electron chi connectivity index (χ1n) is 6.25. The van der Waals surface area contributed by atoms with E-state index in [1.807, 2.05) is 19.1 Å². The van der Waals surface area contributed by atoms with Crippen LogP contribution in [0.5, 0.6) is 0 Å². The predicted octanol–water partition coefficient (Wildman–Crippen LogP) is 1.02. The molecule has 0 radical (unpaired) electrons. The van der Waals surface area contributed by atoms with Gasteiger partial charge in [0.25, 0.3) is 0 Å². The highest BCUT2D eigenvalue weighted by Crippen LogP contribution is 2.09. The van der Waals surface area contributed by atoms with Crippen LogP contribution < -0.4 is 11.1 Å². The highest BCUT2D eigenvalue weighted by molar-refractivity contribution is 5.77. The summed E-state index contributed by atoms with van der Waals surface area (Å²) in [5, 5.41) is 2.91. The van der Waals surface area contributed by atoms with Crippen LogP contribution in [0.25, 0.3) is 0 Å². The first-order valence-corrected chi connectivity index (χ1v) is 6.25. The summed E-state index contributed by atoms with van der Waals surface area (Å²) in [6, 6.07) is 8.29. The van der Waals surface area contributed by atoms with Crippen LogP contribution in [0.15, 0.2) is 24.3 Å². The van der Waals surface area contributed by atoms with E-state index in [9.17, 15) is 4.79 Å². The molecule has 0 saturated heterocycles. The zero-order valence-corrected chi connectivity index (χ0v) is 11.1. The van der Waals surface area contributed by atoms with Gasteiger partial charge in [-0.25, -0.2) is 0 Å². The van der Waals surface area contributed by atoms with Crippen molar-refractivity contribution in [3.8, 4) is 0 Å². The lowest BCUT2D eigenvalue weighted by Crippen LogP contribution is -2.37. The Bertz CT molecular complexity index is 380. The summed E-state index contributed by atoms with van der Waals surface area (Å²) in [4.78, 5) is 11.5. The molecule has 0 aromatic heterocycles. The second-order valence-electron chi connectivity index (χ2n) is 4.44. The maximum Gasteiger partial charge on any atom is 0.246 e. The number of aryl methyl sites for hydroxylation is 1. The number of rotatable bonds is 7. The molecule has 4 nitrogen and oxygen atoms in total. The molecule has 0 fully saturated rings. The van der Waals surface area contributed by atoms with Crippen LogP contribution in [0.3, 0.4) is 0 Å².